The molecule has 3 rings (SSSR count). The van der Waals surface area contributed by atoms with Gasteiger partial charge in [-0.25, -0.2) is 4.79 Å². The number of hydrogen-bond donors (Lipinski definition) is 3. The molecule has 0 bridgehead atoms. The molecule has 3 N–H and O–H groups in total. The van der Waals surface area contributed by atoms with E-state index in [2.05, 4.69) is 22.9 Å². The summed E-state index contributed by atoms with van der Waals surface area (Å²) in [5.41, 5.74) is 2.29. The Labute approximate surface area is 170 Å². The molecule has 2 heterocycles. The van der Waals surface area contributed by atoms with Crippen LogP contribution in [0.5, 0.6) is 0 Å². The highest BCUT2D eigenvalue weighted by Crippen LogP contribution is 2.28. The van der Waals surface area contributed by atoms with Crippen molar-refractivity contribution in [3.05, 3.63) is 34.9 Å². The Kier molecular flexibility index (Phi) is 6.85. The van der Waals surface area contributed by atoms with Crippen LogP contribution < -0.4 is 16.0 Å². The maximum Gasteiger partial charge on any atom is 0.315 e. The van der Waals surface area contributed by atoms with Gasteiger partial charge >= 0.3 is 6.03 Å². The first-order chi connectivity index (χ1) is 14.0. The van der Waals surface area contributed by atoms with E-state index in [1.165, 1.54) is 11.3 Å². The minimum atomic E-state index is -0.618. The molecule has 0 spiro atoms. The lowest BCUT2D eigenvalue weighted by atomic mass is 10.0. The van der Waals surface area contributed by atoms with Crippen molar-refractivity contribution in [1.82, 2.24) is 20.9 Å². The minimum absolute atomic E-state index is 0.196. The molecule has 1 unspecified atom stereocenters. The van der Waals surface area contributed by atoms with Gasteiger partial charge in [0.2, 0.25) is 11.8 Å². The van der Waals surface area contributed by atoms with Crippen molar-refractivity contribution >= 4 is 23.8 Å². The van der Waals surface area contributed by atoms with Crippen LogP contribution in [0.1, 0.15) is 66.9 Å². The van der Waals surface area contributed by atoms with E-state index in [0.717, 1.165) is 30.4 Å². The van der Waals surface area contributed by atoms with Gasteiger partial charge in [0.1, 0.15) is 6.04 Å². The normalized spacial score (nSPS) is 18.4. The molecule has 1 saturated heterocycles. The van der Waals surface area contributed by atoms with Gasteiger partial charge in [0, 0.05) is 31.6 Å². The molecule has 8 heteroatoms. The fourth-order valence-corrected chi connectivity index (χ4v) is 3.74. The molecule has 0 aliphatic carbocycles. The van der Waals surface area contributed by atoms with Crippen LogP contribution >= 0.6 is 0 Å². The van der Waals surface area contributed by atoms with Crippen LogP contribution in [0.15, 0.2) is 18.2 Å². The Balaban J connectivity index is 1.52. The number of piperidine rings is 1. The summed E-state index contributed by atoms with van der Waals surface area (Å²) in [6.07, 6.45) is 5.00. The Morgan fingerprint density at radius 2 is 2.00 bits per heavy atom. The number of hydrogen-bond acceptors (Lipinski definition) is 4. The lowest BCUT2D eigenvalue weighted by molar-refractivity contribution is -0.136. The number of carbonyl (C=O) groups is 4. The zero-order valence-corrected chi connectivity index (χ0v) is 16.8. The van der Waals surface area contributed by atoms with Crippen LogP contribution in [-0.4, -0.2) is 41.2 Å². The lowest BCUT2D eigenvalue weighted by Crippen LogP contribution is -2.52. The molecular formula is C21H28N4O4. The van der Waals surface area contributed by atoms with Crippen LogP contribution in [0, 0.1) is 0 Å². The molecular weight excluding hydrogens is 372 g/mol. The number of carbonyl (C=O) groups excluding carboxylic acids is 4. The Morgan fingerprint density at radius 3 is 2.76 bits per heavy atom. The van der Waals surface area contributed by atoms with Crippen LogP contribution in [0.2, 0.25) is 0 Å². The molecule has 156 valence electrons. The standard InChI is InChI=1S/C21H28N4O4/c1-2-3-4-5-10-22-21(29)23-12-14-6-7-16-15(11-14)13-25(20(16)28)17-8-9-18(26)24-19(17)27/h6-7,11,17H,2-5,8-10,12-13H2,1H3,(H2,22,23,29)(H,24,26,27). The van der Waals surface area contributed by atoms with E-state index in [4.69, 9.17) is 0 Å². The van der Waals surface area contributed by atoms with Crippen molar-refractivity contribution in [2.24, 2.45) is 0 Å². The van der Waals surface area contributed by atoms with Crippen molar-refractivity contribution < 1.29 is 19.2 Å². The third-order valence-corrected chi connectivity index (χ3v) is 5.36. The van der Waals surface area contributed by atoms with Crippen LogP contribution in [0.4, 0.5) is 4.79 Å². The topological polar surface area (TPSA) is 108 Å². The van der Waals surface area contributed by atoms with Gasteiger partial charge < -0.3 is 15.5 Å². The maximum atomic E-state index is 12.7. The molecule has 2 aliphatic heterocycles. The molecule has 2 aliphatic rings. The summed E-state index contributed by atoms with van der Waals surface area (Å²) in [6.45, 7) is 3.50. The van der Waals surface area contributed by atoms with Gasteiger partial charge in [0.25, 0.3) is 5.91 Å². The second-order valence-electron chi connectivity index (χ2n) is 7.56. The number of nitrogens with zero attached hydrogens (tertiary/aromatic N) is 1. The highest BCUT2D eigenvalue weighted by molar-refractivity contribution is 6.05. The average Bonchev–Trinajstić information content (AvgIpc) is 3.02. The number of amides is 5. The first-order valence-electron chi connectivity index (χ1n) is 10.3. The van der Waals surface area contributed by atoms with Crippen molar-refractivity contribution in [2.75, 3.05) is 6.54 Å². The van der Waals surface area contributed by atoms with Crippen LogP contribution in [0.3, 0.4) is 0 Å². The van der Waals surface area contributed by atoms with E-state index in [1.54, 1.807) is 6.07 Å². The predicted octanol–water partition coefficient (Wildman–Crippen LogP) is 1.83. The molecule has 1 atom stereocenters. The van der Waals surface area contributed by atoms with E-state index < -0.39 is 11.9 Å². The van der Waals surface area contributed by atoms with Gasteiger partial charge in [0.15, 0.2) is 0 Å². The van der Waals surface area contributed by atoms with Gasteiger partial charge in [-0.1, -0.05) is 38.3 Å². The fraction of sp³-hybridized carbons (Fsp3) is 0.524. The van der Waals surface area contributed by atoms with E-state index in [9.17, 15) is 19.2 Å². The fourth-order valence-electron chi connectivity index (χ4n) is 3.74. The zero-order valence-electron chi connectivity index (χ0n) is 16.8. The van der Waals surface area contributed by atoms with Crippen molar-refractivity contribution in [3.63, 3.8) is 0 Å². The summed E-state index contributed by atoms with van der Waals surface area (Å²) in [7, 11) is 0. The second-order valence-corrected chi connectivity index (χ2v) is 7.56. The van der Waals surface area contributed by atoms with Gasteiger partial charge in [-0.2, -0.15) is 0 Å². The average molecular weight is 400 g/mol. The number of benzene rings is 1. The number of unbranched alkanes of at least 4 members (excludes halogenated alkanes) is 3. The lowest BCUT2D eigenvalue weighted by Gasteiger charge is -2.29. The van der Waals surface area contributed by atoms with Gasteiger partial charge in [-0.05, 0) is 30.0 Å². The van der Waals surface area contributed by atoms with E-state index >= 15 is 0 Å². The van der Waals surface area contributed by atoms with Crippen molar-refractivity contribution in [2.45, 2.75) is 64.6 Å². The Bertz CT molecular complexity index is 808. The third kappa shape index (κ3) is 5.13. The molecule has 0 saturated carbocycles. The predicted molar refractivity (Wildman–Crippen MR) is 107 cm³/mol. The molecule has 8 nitrogen and oxygen atoms in total. The van der Waals surface area contributed by atoms with Crippen molar-refractivity contribution in [1.29, 1.82) is 0 Å². The summed E-state index contributed by atoms with van der Waals surface area (Å²) in [5, 5.41) is 7.97. The molecule has 1 fully saturated rings. The molecule has 1 aromatic carbocycles. The summed E-state index contributed by atoms with van der Waals surface area (Å²) in [4.78, 5) is 49.5. The summed E-state index contributed by atoms with van der Waals surface area (Å²) >= 11 is 0. The number of imide groups is 1. The Morgan fingerprint density at radius 1 is 1.17 bits per heavy atom. The highest BCUT2D eigenvalue weighted by Gasteiger charge is 2.38. The molecule has 29 heavy (non-hydrogen) atoms. The first-order valence-corrected chi connectivity index (χ1v) is 10.3. The van der Waals surface area contributed by atoms with Crippen LogP contribution in [0.25, 0.3) is 0 Å². The monoisotopic (exact) mass is 400 g/mol. The number of nitrogens with one attached hydrogen (secondary N) is 3. The quantitative estimate of drug-likeness (QED) is 0.457. The largest absolute Gasteiger partial charge is 0.338 e. The number of rotatable bonds is 8. The highest BCUT2D eigenvalue weighted by atomic mass is 16.2. The SMILES string of the molecule is CCCCCCNC(=O)NCc1ccc2c(c1)CN(C1CCC(=O)NC1=O)C2=O. The van der Waals surface area contributed by atoms with E-state index in [1.807, 2.05) is 12.1 Å². The van der Waals surface area contributed by atoms with Crippen molar-refractivity contribution in [3.8, 4) is 0 Å². The van der Waals surface area contributed by atoms with Gasteiger partial charge in [0.05, 0.1) is 0 Å². The Hall–Kier alpha value is -2.90. The number of fused-ring (bicyclic) bond motifs is 1. The zero-order chi connectivity index (χ0) is 20.8. The second kappa shape index (κ2) is 9.54. The van der Waals surface area contributed by atoms with E-state index in [-0.39, 0.29) is 24.3 Å². The smallest absolute Gasteiger partial charge is 0.315 e. The summed E-state index contributed by atoms with van der Waals surface area (Å²) in [5.74, 6) is -0.911. The van der Waals surface area contributed by atoms with Gasteiger partial charge in [-0.15, -0.1) is 0 Å². The van der Waals surface area contributed by atoms with E-state index in [0.29, 0.717) is 31.6 Å². The summed E-state index contributed by atoms with van der Waals surface area (Å²) in [6, 6.07) is 4.62. The minimum Gasteiger partial charge on any atom is -0.338 e. The summed E-state index contributed by atoms with van der Waals surface area (Å²) < 4.78 is 0. The number of urea groups is 1. The first kappa shape index (κ1) is 20.8. The van der Waals surface area contributed by atoms with Gasteiger partial charge in [-0.3, -0.25) is 19.7 Å². The molecule has 0 radical (unpaired) electrons. The van der Waals surface area contributed by atoms with Crippen LogP contribution in [-0.2, 0) is 22.7 Å². The molecule has 0 aromatic heterocycles. The molecule has 1 aromatic rings. The maximum absolute atomic E-state index is 12.7. The third-order valence-electron chi connectivity index (χ3n) is 5.36. The molecule has 5 amide bonds.